The number of nitrogens with zero attached hydrogens (tertiary/aromatic N) is 5. The Kier molecular flexibility index (Phi) is 7.09. The third-order valence-corrected chi connectivity index (χ3v) is 6.03. The number of rotatable bonds is 7. The van der Waals surface area contributed by atoms with E-state index in [1.54, 1.807) is 18.5 Å². The van der Waals surface area contributed by atoms with Crippen molar-refractivity contribution in [1.82, 2.24) is 25.1 Å². The van der Waals surface area contributed by atoms with Crippen molar-refractivity contribution >= 4 is 17.8 Å². The molecule has 8 heteroatoms. The van der Waals surface area contributed by atoms with Gasteiger partial charge in [-0.05, 0) is 31.0 Å². The molecular weight excluding hydrogens is 392 g/mol. The minimum absolute atomic E-state index is 0.0318. The topological polar surface area (TPSA) is 81.7 Å². The summed E-state index contributed by atoms with van der Waals surface area (Å²) in [5.74, 6) is 0.713. The zero-order valence-corrected chi connectivity index (χ0v) is 17.8. The standard InChI is InChI=1S/C23H30N6O2/c30-21(28-14-16-29(17-15-28)23-25-9-5-10-26-23)18-20-22(31)24-11-13-27(20)12-4-8-19-6-2-1-3-7-19/h1-3,5-7,9-10,20H,4,8,11-18H2,(H,24,31). The highest BCUT2D eigenvalue weighted by Crippen LogP contribution is 2.15. The molecule has 164 valence electrons. The molecule has 0 saturated carbocycles. The number of hydrogen-bond donors (Lipinski definition) is 1. The number of hydrogen-bond acceptors (Lipinski definition) is 6. The van der Waals surface area contributed by atoms with Crippen LogP contribution in [0.1, 0.15) is 18.4 Å². The molecule has 31 heavy (non-hydrogen) atoms. The van der Waals surface area contributed by atoms with Gasteiger partial charge in [-0.2, -0.15) is 0 Å². The SMILES string of the molecule is O=C1NCCN(CCCc2ccccc2)C1CC(=O)N1CCN(c2ncccn2)CC1. The largest absolute Gasteiger partial charge is 0.353 e. The van der Waals surface area contributed by atoms with Crippen molar-refractivity contribution in [3.05, 3.63) is 54.4 Å². The van der Waals surface area contributed by atoms with Crippen molar-refractivity contribution < 1.29 is 9.59 Å². The summed E-state index contributed by atoms with van der Waals surface area (Å²) in [7, 11) is 0. The van der Waals surface area contributed by atoms with Crippen molar-refractivity contribution in [2.45, 2.75) is 25.3 Å². The first-order chi connectivity index (χ1) is 15.2. The van der Waals surface area contributed by atoms with Gasteiger partial charge in [-0.15, -0.1) is 0 Å². The molecule has 2 aliphatic rings. The van der Waals surface area contributed by atoms with E-state index in [4.69, 9.17) is 0 Å². The van der Waals surface area contributed by atoms with Crippen molar-refractivity contribution in [3.8, 4) is 0 Å². The normalized spacial score (nSPS) is 19.9. The number of nitrogens with one attached hydrogen (secondary N) is 1. The number of benzene rings is 1. The molecule has 1 atom stereocenters. The fraction of sp³-hybridized carbons (Fsp3) is 0.478. The molecule has 2 aliphatic heterocycles. The van der Waals surface area contributed by atoms with Gasteiger partial charge in [0, 0.05) is 51.7 Å². The summed E-state index contributed by atoms with van der Waals surface area (Å²) in [6, 6.07) is 11.8. The lowest BCUT2D eigenvalue weighted by molar-refractivity contribution is -0.139. The van der Waals surface area contributed by atoms with Gasteiger partial charge < -0.3 is 15.1 Å². The Morgan fingerprint density at radius 2 is 1.74 bits per heavy atom. The number of aryl methyl sites for hydroxylation is 1. The smallest absolute Gasteiger partial charge is 0.237 e. The van der Waals surface area contributed by atoms with E-state index in [2.05, 4.69) is 49.4 Å². The molecule has 1 N–H and O–H groups in total. The number of amides is 2. The van der Waals surface area contributed by atoms with Crippen LogP contribution in [0.5, 0.6) is 0 Å². The minimum atomic E-state index is -0.382. The second-order valence-corrected chi connectivity index (χ2v) is 8.05. The molecule has 4 rings (SSSR count). The average molecular weight is 423 g/mol. The summed E-state index contributed by atoms with van der Waals surface area (Å²) in [6.45, 7) is 4.90. The van der Waals surface area contributed by atoms with E-state index in [0.717, 1.165) is 25.9 Å². The quantitative estimate of drug-likeness (QED) is 0.716. The first kappa shape index (κ1) is 21.2. The Morgan fingerprint density at radius 1 is 1.00 bits per heavy atom. The Bertz CT molecular complexity index is 855. The summed E-state index contributed by atoms with van der Waals surface area (Å²) < 4.78 is 0. The Labute approximate surface area is 183 Å². The van der Waals surface area contributed by atoms with E-state index < -0.39 is 0 Å². The van der Waals surface area contributed by atoms with E-state index in [1.807, 2.05) is 11.0 Å². The number of carbonyl (C=O) groups is 2. The molecule has 0 spiro atoms. The molecule has 0 aliphatic carbocycles. The maximum Gasteiger partial charge on any atom is 0.237 e. The van der Waals surface area contributed by atoms with Gasteiger partial charge in [-0.25, -0.2) is 9.97 Å². The lowest BCUT2D eigenvalue weighted by atomic mass is 10.1. The van der Waals surface area contributed by atoms with Crippen molar-refractivity contribution in [2.75, 3.05) is 50.7 Å². The predicted molar refractivity (Wildman–Crippen MR) is 119 cm³/mol. The highest BCUT2D eigenvalue weighted by Gasteiger charge is 2.33. The van der Waals surface area contributed by atoms with Crippen LogP contribution in [-0.4, -0.2) is 83.4 Å². The number of piperazine rings is 2. The second kappa shape index (κ2) is 10.3. The predicted octanol–water partition coefficient (Wildman–Crippen LogP) is 0.949. The van der Waals surface area contributed by atoms with Gasteiger partial charge in [0.05, 0.1) is 12.5 Å². The third-order valence-electron chi connectivity index (χ3n) is 6.03. The zero-order chi connectivity index (χ0) is 21.5. The van der Waals surface area contributed by atoms with E-state index in [1.165, 1.54) is 5.56 Å². The third kappa shape index (κ3) is 5.58. The van der Waals surface area contributed by atoms with Crippen LogP contribution in [0.25, 0.3) is 0 Å². The van der Waals surface area contributed by atoms with Gasteiger partial charge in [0.1, 0.15) is 0 Å². The van der Waals surface area contributed by atoms with Crippen LogP contribution in [0.4, 0.5) is 5.95 Å². The van der Waals surface area contributed by atoms with Crippen LogP contribution in [0.15, 0.2) is 48.8 Å². The summed E-state index contributed by atoms with van der Waals surface area (Å²) in [4.78, 5) is 40.2. The number of carbonyl (C=O) groups excluding carboxylic acids is 2. The van der Waals surface area contributed by atoms with E-state index >= 15 is 0 Å². The summed E-state index contributed by atoms with van der Waals surface area (Å²) in [6.07, 6.45) is 5.64. The monoisotopic (exact) mass is 422 g/mol. The van der Waals surface area contributed by atoms with E-state index in [9.17, 15) is 9.59 Å². The number of aromatic nitrogens is 2. The fourth-order valence-electron chi connectivity index (χ4n) is 4.29. The van der Waals surface area contributed by atoms with Crippen molar-refractivity contribution in [2.24, 2.45) is 0 Å². The molecule has 1 unspecified atom stereocenters. The van der Waals surface area contributed by atoms with Crippen molar-refractivity contribution in [1.29, 1.82) is 0 Å². The Morgan fingerprint density at radius 3 is 2.48 bits per heavy atom. The van der Waals surface area contributed by atoms with Gasteiger partial charge in [0.2, 0.25) is 17.8 Å². The second-order valence-electron chi connectivity index (χ2n) is 8.05. The van der Waals surface area contributed by atoms with Gasteiger partial charge in [-0.3, -0.25) is 14.5 Å². The summed E-state index contributed by atoms with van der Waals surface area (Å²) >= 11 is 0. The molecular formula is C23H30N6O2. The highest BCUT2D eigenvalue weighted by molar-refractivity contribution is 5.89. The molecule has 1 aromatic heterocycles. The van der Waals surface area contributed by atoms with Gasteiger partial charge in [-0.1, -0.05) is 30.3 Å². The molecule has 1 aromatic carbocycles. The molecule has 0 bridgehead atoms. The Hall–Kier alpha value is -3.00. The maximum absolute atomic E-state index is 13.0. The fourth-order valence-corrected chi connectivity index (χ4v) is 4.29. The van der Waals surface area contributed by atoms with Crippen LogP contribution >= 0.6 is 0 Å². The minimum Gasteiger partial charge on any atom is -0.353 e. The molecule has 2 saturated heterocycles. The molecule has 2 fully saturated rings. The lowest BCUT2D eigenvalue weighted by Crippen LogP contribution is -2.57. The first-order valence-corrected chi connectivity index (χ1v) is 11.1. The molecule has 2 amide bonds. The van der Waals surface area contributed by atoms with Crippen LogP contribution in [0.3, 0.4) is 0 Å². The van der Waals surface area contributed by atoms with Gasteiger partial charge in [0.25, 0.3) is 0 Å². The van der Waals surface area contributed by atoms with E-state index in [0.29, 0.717) is 38.7 Å². The highest BCUT2D eigenvalue weighted by atomic mass is 16.2. The van der Waals surface area contributed by atoms with Crippen LogP contribution in [0, 0.1) is 0 Å². The van der Waals surface area contributed by atoms with Crippen LogP contribution < -0.4 is 10.2 Å². The van der Waals surface area contributed by atoms with E-state index in [-0.39, 0.29) is 24.3 Å². The first-order valence-electron chi connectivity index (χ1n) is 11.1. The lowest BCUT2D eigenvalue weighted by Gasteiger charge is -2.38. The number of anilines is 1. The average Bonchev–Trinajstić information content (AvgIpc) is 2.82. The summed E-state index contributed by atoms with van der Waals surface area (Å²) in [5, 5.41) is 2.93. The molecule has 2 aromatic rings. The molecule has 0 radical (unpaired) electrons. The van der Waals surface area contributed by atoms with Gasteiger partial charge >= 0.3 is 0 Å². The molecule has 3 heterocycles. The van der Waals surface area contributed by atoms with Crippen molar-refractivity contribution in [3.63, 3.8) is 0 Å². The zero-order valence-electron chi connectivity index (χ0n) is 17.8. The summed E-state index contributed by atoms with van der Waals surface area (Å²) in [5.41, 5.74) is 1.30. The maximum atomic E-state index is 13.0. The Balaban J connectivity index is 1.28. The van der Waals surface area contributed by atoms with Gasteiger partial charge in [0.15, 0.2) is 0 Å². The van der Waals surface area contributed by atoms with Crippen LogP contribution in [-0.2, 0) is 16.0 Å². The molecule has 8 nitrogen and oxygen atoms in total. The van der Waals surface area contributed by atoms with Crippen LogP contribution in [0.2, 0.25) is 0 Å².